The van der Waals surface area contributed by atoms with Gasteiger partial charge in [-0.1, -0.05) is 69.4 Å². The molecule has 3 aromatic rings. The van der Waals surface area contributed by atoms with E-state index in [9.17, 15) is 9.59 Å². The van der Waals surface area contributed by atoms with E-state index in [-0.39, 0.29) is 24.4 Å². The molecule has 1 saturated carbocycles. The van der Waals surface area contributed by atoms with Crippen LogP contribution in [0.4, 0.5) is 0 Å². The van der Waals surface area contributed by atoms with Gasteiger partial charge in [-0.2, -0.15) is 0 Å². The zero-order valence-electron chi connectivity index (χ0n) is 21.5. The number of carbonyl (C=O) groups is 2. The van der Waals surface area contributed by atoms with Crippen LogP contribution in [0, 0.1) is 0 Å². The predicted octanol–water partition coefficient (Wildman–Crippen LogP) is 6.12. The Morgan fingerprint density at radius 2 is 1.78 bits per heavy atom. The molecule has 0 unspecified atom stereocenters. The molecule has 0 bridgehead atoms. The van der Waals surface area contributed by atoms with E-state index in [2.05, 4.69) is 54.1 Å². The number of rotatable bonds is 12. The summed E-state index contributed by atoms with van der Waals surface area (Å²) in [5.41, 5.74) is 2.35. The first-order valence-corrected chi connectivity index (χ1v) is 13.5. The summed E-state index contributed by atoms with van der Waals surface area (Å²) < 4.78 is 7.61. The quantitative estimate of drug-likeness (QED) is 0.288. The van der Waals surface area contributed by atoms with Gasteiger partial charge in [0.05, 0.1) is 12.8 Å². The monoisotopic (exact) mass is 489 g/mol. The molecule has 1 aliphatic rings. The highest BCUT2D eigenvalue weighted by Crippen LogP contribution is 2.25. The van der Waals surface area contributed by atoms with Gasteiger partial charge in [-0.05, 0) is 49.1 Å². The molecule has 0 radical (unpaired) electrons. The van der Waals surface area contributed by atoms with Gasteiger partial charge in [-0.25, -0.2) is 0 Å². The van der Waals surface area contributed by atoms with Crippen molar-refractivity contribution < 1.29 is 14.0 Å². The highest BCUT2D eigenvalue weighted by atomic mass is 16.3. The summed E-state index contributed by atoms with van der Waals surface area (Å²) >= 11 is 0. The summed E-state index contributed by atoms with van der Waals surface area (Å²) in [6.07, 6.45) is 12.1. The maximum absolute atomic E-state index is 13.8. The minimum Gasteiger partial charge on any atom is -0.459 e. The van der Waals surface area contributed by atoms with Crippen molar-refractivity contribution in [3.63, 3.8) is 0 Å². The lowest BCUT2D eigenvalue weighted by atomic mass is 9.94. The van der Waals surface area contributed by atoms with E-state index in [1.165, 1.54) is 18.2 Å². The predicted molar refractivity (Wildman–Crippen MR) is 142 cm³/mol. The van der Waals surface area contributed by atoms with Crippen molar-refractivity contribution in [2.75, 3.05) is 13.1 Å². The van der Waals surface area contributed by atoms with Crippen LogP contribution in [0.15, 0.2) is 71.5 Å². The third kappa shape index (κ3) is 6.90. The van der Waals surface area contributed by atoms with Gasteiger partial charge in [-0.3, -0.25) is 9.59 Å². The van der Waals surface area contributed by atoms with Crippen molar-refractivity contribution in [2.45, 2.75) is 77.4 Å². The highest BCUT2D eigenvalue weighted by molar-refractivity contribution is 5.94. The lowest BCUT2D eigenvalue weighted by Gasteiger charge is -2.36. The topological polar surface area (TPSA) is 58.7 Å². The standard InChI is InChI=1S/C30H39N3O3/c1-2-3-10-19-32(30(35)28-18-12-21-36-28)24-29(34)33(26-15-8-5-9-16-26)23-27-17-11-20-31(27)22-25-13-6-4-7-14-25/h4,6-7,11-14,17-18,20-21,26H,2-3,5,8-10,15-16,19,22-24H2,1H3. The number of aromatic nitrogens is 1. The van der Waals surface area contributed by atoms with Crippen LogP contribution in [-0.4, -0.2) is 45.3 Å². The average Bonchev–Trinajstić information content (AvgIpc) is 3.60. The molecule has 36 heavy (non-hydrogen) atoms. The van der Waals surface area contributed by atoms with Crippen molar-refractivity contribution in [2.24, 2.45) is 0 Å². The molecule has 6 nitrogen and oxygen atoms in total. The zero-order chi connectivity index (χ0) is 25.2. The van der Waals surface area contributed by atoms with Crippen LogP contribution in [0.3, 0.4) is 0 Å². The number of carbonyl (C=O) groups excluding carboxylic acids is 2. The third-order valence-corrected chi connectivity index (χ3v) is 7.16. The first kappa shape index (κ1) is 25.8. The Kier molecular flexibility index (Phi) is 9.42. The Hall–Kier alpha value is -3.28. The van der Waals surface area contributed by atoms with Crippen LogP contribution in [0.2, 0.25) is 0 Å². The fourth-order valence-corrected chi connectivity index (χ4v) is 5.13. The molecular formula is C30H39N3O3. The zero-order valence-corrected chi connectivity index (χ0v) is 21.5. The van der Waals surface area contributed by atoms with Crippen molar-refractivity contribution in [1.29, 1.82) is 0 Å². The fraction of sp³-hybridized carbons (Fsp3) is 0.467. The Morgan fingerprint density at radius 1 is 0.972 bits per heavy atom. The SMILES string of the molecule is CCCCCN(CC(=O)N(Cc1cccn1Cc1ccccc1)C1CCCCC1)C(=O)c1ccco1. The number of hydrogen-bond donors (Lipinski definition) is 0. The number of hydrogen-bond acceptors (Lipinski definition) is 3. The Balaban J connectivity index is 1.52. The minimum absolute atomic E-state index is 0.0192. The van der Waals surface area contributed by atoms with Gasteiger partial charge in [0.25, 0.3) is 5.91 Å². The number of amides is 2. The van der Waals surface area contributed by atoms with Gasteiger partial charge >= 0.3 is 0 Å². The van der Waals surface area contributed by atoms with Gasteiger partial charge in [0.15, 0.2) is 5.76 Å². The molecule has 0 N–H and O–H groups in total. The van der Waals surface area contributed by atoms with E-state index in [1.54, 1.807) is 17.0 Å². The van der Waals surface area contributed by atoms with E-state index < -0.39 is 0 Å². The molecule has 0 saturated heterocycles. The Morgan fingerprint density at radius 3 is 2.50 bits per heavy atom. The van der Waals surface area contributed by atoms with E-state index >= 15 is 0 Å². The summed E-state index contributed by atoms with van der Waals surface area (Å²) in [6, 6.07) is 18.2. The maximum atomic E-state index is 13.8. The molecule has 0 spiro atoms. The van der Waals surface area contributed by atoms with E-state index in [1.807, 2.05) is 11.0 Å². The molecule has 0 aliphatic heterocycles. The van der Waals surface area contributed by atoms with E-state index in [0.29, 0.717) is 18.8 Å². The van der Waals surface area contributed by atoms with Gasteiger partial charge in [0.2, 0.25) is 5.91 Å². The molecule has 192 valence electrons. The van der Waals surface area contributed by atoms with Gasteiger partial charge < -0.3 is 18.8 Å². The molecule has 4 rings (SSSR count). The molecule has 2 heterocycles. The fourth-order valence-electron chi connectivity index (χ4n) is 5.13. The Bertz CT molecular complexity index is 1070. The molecule has 1 aromatic carbocycles. The van der Waals surface area contributed by atoms with Crippen LogP contribution in [0.1, 0.15) is 80.1 Å². The van der Waals surface area contributed by atoms with Crippen LogP contribution >= 0.6 is 0 Å². The van der Waals surface area contributed by atoms with Crippen LogP contribution in [-0.2, 0) is 17.9 Å². The molecule has 1 aliphatic carbocycles. The molecule has 2 amide bonds. The summed E-state index contributed by atoms with van der Waals surface area (Å²) in [4.78, 5) is 30.7. The highest BCUT2D eigenvalue weighted by Gasteiger charge is 2.29. The molecule has 1 fully saturated rings. The molecule has 2 aromatic heterocycles. The van der Waals surface area contributed by atoms with Crippen LogP contribution in [0.25, 0.3) is 0 Å². The lowest BCUT2D eigenvalue weighted by Crippen LogP contribution is -2.47. The smallest absolute Gasteiger partial charge is 0.290 e. The number of furan rings is 1. The van der Waals surface area contributed by atoms with Crippen molar-refractivity contribution in [3.8, 4) is 0 Å². The Labute approximate surface area is 214 Å². The maximum Gasteiger partial charge on any atom is 0.290 e. The summed E-state index contributed by atoms with van der Waals surface area (Å²) in [6.45, 7) is 4.11. The second kappa shape index (κ2) is 13.1. The number of benzene rings is 1. The molecule has 0 atom stereocenters. The van der Waals surface area contributed by atoms with Crippen molar-refractivity contribution >= 4 is 11.8 Å². The first-order chi connectivity index (χ1) is 17.7. The second-order valence-electron chi connectivity index (χ2n) is 9.84. The summed E-state index contributed by atoms with van der Waals surface area (Å²) in [5, 5.41) is 0. The van der Waals surface area contributed by atoms with Gasteiger partial charge in [0.1, 0.15) is 6.54 Å². The lowest BCUT2D eigenvalue weighted by molar-refractivity contribution is -0.135. The summed E-state index contributed by atoms with van der Waals surface area (Å²) in [7, 11) is 0. The minimum atomic E-state index is -0.208. The normalized spacial score (nSPS) is 14.0. The van der Waals surface area contributed by atoms with Gasteiger partial charge in [-0.15, -0.1) is 0 Å². The van der Waals surface area contributed by atoms with Gasteiger partial charge in [0, 0.05) is 31.0 Å². The van der Waals surface area contributed by atoms with Crippen molar-refractivity contribution in [3.05, 3.63) is 84.1 Å². The number of nitrogens with zero attached hydrogens (tertiary/aromatic N) is 3. The molecule has 6 heteroatoms. The van der Waals surface area contributed by atoms with E-state index in [4.69, 9.17) is 4.42 Å². The largest absolute Gasteiger partial charge is 0.459 e. The summed E-state index contributed by atoms with van der Waals surface area (Å²) in [5.74, 6) is 0.103. The number of unbranched alkanes of at least 4 members (excludes halogenated alkanes) is 2. The van der Waals surface area contributed by atoms with Crippen molar-refractivity contribution in [1.82, 2.24) is 14.4 Å². The second-order valence-corrected chi connectivity index (χ2v) is 9.84. The first-order valence-electron chi connectivity index (χ1n) is 13.5. The molecular weight excluding hydrogens is 450 g/mol. The van der Waals surface area contributed by atoms with Crippen LogP contribution in [0.5, 0.6) is 0 Å². The average molecular weight is 490 g/mol. The van der Waals surface area contributed by atoms with E-state index in [0.717, 1.165) is 57.2 Å². The third-order valence-electron chi connectivity index (χ3n) is 7.16. The van der Waals surface area contributed by atoms with Crippen LogP contribution < -0.4 is 0 Å².